The molecule has 142 valence electrons. The lowest BCUT2D eigenvalue weighted by molar-refractivity contribution is -0.137. The molecule has 27 heavy (non-hydrogen) atoms. The molecule has 0 amide bonds. The highest BCUT2D eigenvalue weighted by molar-refractivity contribution is 7.89. The molecule has 4 nitrogen and oxygen atoms in total. The number of rotatable bonds is 3. The van der Waals surface area contributed by atoms with Gasteiger partial charge in [-0.05, 0) is 55.8 Å². The molecule has 0 saturated heterocycles. The van der Waals surface area contributed by atoms with Gasteiger partial charge in [0.05, 0.1) is 16.2 Å². The first-order chi connectivity index (χ1) is 12.5. The maximum atomic E-state index is 13.3. The van der Waals surface area contributed by atoms with Crippen LogP contribution < -0.4 is 5.14 Å². The topological polar surface area (TPSA) is 65.1 Å². The highest BCUT2D eigenvalue weighted by Gasteiger charge is 2.33. The third-order valence-electron chi connectivity index (χ3n) is 4.26. The first-order valence-corrected chi connectivity index (χ1v) is 9.52. The summed E-state index contributed by atoms with van der Waals surface area (Å²) in [6.07, 6.45) is -3.50. The van der Waals surface area contributed by atoms with Gasteiger partial charge in [-0.2, -0.15) is 13.2 Å². The molecule has 0 radical (unpaired) electrons. The fourth-order valence-corrected chi connectivity index (χ4v) is 3.36. The summed E-state index contributed by atoms with van der Waals surface area (Å²) in [5.74, 6) is 0. The van der Waals surface area contributed by atoms with Gasteiger partial charge in [0.25, 0.3) is 0 Å². The Kier molecular flexibility index (Phi) is 4.65. The van der Waals surface area contributed by atoms with E-state index < -0.39 is 21.8 Å². The Labute approximate surface area is 155 Å². The Bertz CT molecular complexity index is 1100. The van der Waals surface area contributed by atoms with E-state index in [-0.39, 0.29) is 4.90 Å². The van der Waals surface area contributed by atoms with Gasteiger partial charge in [-0.3, -0.25) is 0 Å². The zero-order valence-electron chi connectivity index (χ0n) is 14.6. The van der Waals surface area contributed by atoms with Crippen molar-refractivity contribution in [1.29, 1.82) is 0 Å². The Hall–Kier alpha value is -2.58. The van der Waals surface area contributed by atoms with Crippen LogP contribution in [0.3, 0.4) is 0 Å². The Morgan fingerprint density at radius 2 is 1.59 bits per heavy atom. The minimum absolute atomic E-state index is 0.109. The Morgan fingerprint density at radius 1 is 0.963 bits per heavy atom. The van der Waals surface area contributed by atoms with Gasteiger partial charge in [-0.25, -0.2) is 13.6 Å². The highest BCUT2D eigenvalue weighted by Crippen LogP contribution is 2.36. The van der Waals surface area contributed by atoms with Gasteiger partial charge in [0, 0.05) is 17.4 Å². The molecular formula is C19H17F3N2O2S. The van der Waals surface area contributed by atoms with Crippen LogP contribution in [0.15, 0.2) is 59.6 Å². The summed E-state index contributed by atoms with van der Waals surface area (Å²) in [5, 5.41) is 5.08. The number of primary sulfonamides is 1. The fraction of sp³-hybridized carbons (Fsp3) is 0.158. The lowest BCUT2D eigenvalue weighted by Crippen LogP contribution is -2.12. The predicted molar refractivity (Wildman–Crippen MR) is 97.1 cm³/mol. The van der Waals surface area contributed by atoms with E-state index in [1.165, 1.54) is 28.8 Å². The van der Waals surface area contributed by atoms with Gasteiger partial charge >= 0.3 is 6.18 Å². The van der Waals surface area contributed by atoms with Crippen LogP contribution in [0.5, 0.6) is 0 Å². The molecule has 0 aliphatic carbocycles. The lowest BCUT2D eigenvalue weighted by Gasteiger charge is -2.13. The Balaban J connectivity index is 2.23. The minimum Gasteiger partial charge on any atom is -0.316 e. The van der Waals surface area contributed by atoms with Gasteiger partial charge < -0.3 is 4.57 Å². The number of benzene rings is 2. The SMILES string of the molecule is Cc1ccc(C)c(-c2cc(C(F)(F)F)cn2-c2ccc(S(N)(=O)=O)cc2)c1. The quantitative estimate of drug-likeness (QED) is 0.714. The van der Waals surface area contributed by atoms with Crippen molar-refractivity contribution in [3.05, 3.63) is 71.4 Å². The zero-order chi connectivity index (χ0) is 20.0. The number of alkyl halides is 3. The van der Waals surface area contributed by atoms with Gasteiger partial charge in [0.2, 0.25) is 10.0 Å². The maximum Gasteiger partial charge on any atom is 0.417 e. The molecule has 2 aromatic carbocycles. The number of aromatic nitrogens is 1. The molecule has 0 aliphatic heterocycles. The molecule has 0 unspecified atom stereocenters. The van der Waals surface area contributed by atoms with E-state index in [0.29, 0.717) is 16.9 Å². The monoisotopic (exact) mass is 394 g/mol. The third kappa shape index (κ3) is 3.91. The number of nitrogens with two attached hydrogens (primary N) is 1. The van der Waals surface area contributed by atoms with E-state index in [9.17, 15) is 21.6 Å². The van der Waals surface area contributed by atoms with Crippen molar-refractivity contribution in [2.24, 2.45) is 5.14 Å². The highest BCUT2D eigenvalue weighted by atomic mass is 32.2. The molecule has 8 heteroatoms. The molecule has 0 bridgehead atoms. The number of nitrogens with zero attached hydrogens (tertiary/aromatic N) is 1. The van der Waals surface area contributed by atoms with E-state index >= 15 is 0 Å². The van der Waals surface area contributed by atoms with Crippen LogP contribution in [0, 0.1) is 13.8 Å². The van der Waals surface area contributed by atoms with Crippen molar-refractivity contribution in [2.45, 2.75) is 24.9 Å². The molecule has 0 atom stereocenters. The molecule has 1 heterocycles. The number of hydrogen-bond acceptors (Lipinski definition) is 2. The van der Waals surface area contributed by atoms with Crippen LogP contribution in [-0.2, 0) is 16.2 Å². The van der Waals surface area contributed by atoms with Crippen LogP contribution in [0.25, 0.3) is 16.9 Å². The van der Waals surface area contributed by atoms with Gasteiger partial charge in [0.15, 0.2) is 0 Å². The summed E-state index contributed by atoms with van der Waals surface area (Å²) >= 11 is 0. The predicted octanol–water partition coefficient (Wildman–Crippen LogP) is 4.43. The third-order valence-corrected chi connectivity index (χ3v) is 5.19. The first-order valence-electron chi connectivity index (χ1n) is 7.97. The second-order valence-corrected chi connectivity index (χ2v) is 7.90. The van der Waals surface area contributed by atoms with Crippen molar-refractivity contribution in [3.8, 4) is 16.9 Å². The standard InChI is InChI=1S/C19H17F3N2O2S/c1-12-3-4-13(2)17(9-12)18-10-14(19(20,21)22)11-24(18)15-5-7-16(8-6-15)27(23,25)26/h3-11H,1-2H3,(H2,23,25,26). The molecule has 3 rings (SSSR count). The zero-order valence-corrected chi connectivity index (χ0v) is 15.4. The van der Waals surface area contributed by atoms with Crippen molar-refractivity contribution in [3.63, 3.8) is 0 Å². The first kappa shape index (κ1) is 19.2. The van der Waals surface area contributed by atoms with Crippen LogP contribution in [0.4, 0.5) is 13.2 Å². The second kappa shape index (κ2) is 6.54. The normalized spacial score (nSPS) is 12.4. The number of hydrogen-bond donors (Lipinski definition) is 1. The number of halogens is 3. The summed E-state index contributed by atoms with van der Waals surface area (Å²) < 4.78 is 64.1. The average Bonchev–Trinajstić information content (AvgIpc) is 3.02. The number of sulfonamides is 1. The van der Waals surface area contributed by atoms with Gasteiger partial charge in [-0.1, -0.05) is 17.7 Å². The molecule has 0 aliphatic rings. The summed E-state index contributed by atoms with van der Waals surface area (Å²) in [4.78, 5) is -0.109. The van der Waals surface area contributed by atoms with Crippen LogP contribution in [-0.4, -0.2) is 13.0 Å². The molecule has 1 aromatic heterocycles. The van der Waals surface area contributed by atoms with E-state index in [0.717, 1.165) is 23.4 Å². The summed E-state index contributed by atoms with van der Waals surface area (Å²) in [6.45, 7) is 3.69. The lowest BCUT2D eigenvalue weighted by atomic mass is 10.0. The van der Waals surface area contributed by atoms with E-state index in [1.807, 2.05) is 32.0 Å². The van der Waals surface area contributed by atoms with Crippen LogP contribution >= 0.6 is 0 Å². The molecule has 0 fully saturated rings. The van der Waals surface area contributed by atoms with Crippen LogP contribution in [0.2, 0.25) is 0 Å². The largest absolute Gasteiger partial charge is 0.417 e. The maximum absolute atomic E-state index is 13.3. The van der Waals surface area contributed by atoms with Crippen LogP contribution in [0.1, 0.15) is 16.7 Å². The molecule has 0 saturated carbocycles. The van der Waals surface area contributed by atoms with E-state index in [1.54, 1.807) is 0 Å². The molecule has 2 N–H and O–H groups in total. The molecular weight excluding hydrogens is 377 g/mol. The van der Waals surface area contributed by atoms with Crippen molar-refractivity contribution in [1.82, 2.24) is 4.57 Å². The van der Waals surface area contributed by atoms with Crippen molar-refractivity contribution < 1.29 is 21.6 Å². The average molecular weight is 394 g/mol. The van der Waals surface area contributed by atoms with E-state index in [4.69, 9.17) is 5.14 Å². The van der Waals surface area contributed by atoms with Crippen molar-refractivity contribution >= 4 is 10.0 Å². The van der Waals surface area contributed by atoms with Gasteiger partial charge in [-0.15, -0.1) is 0 Å². The minimum atomic E-state index is -4.50. The smallest absolute Gasteiger partial charge is 0.316 e. The fourth-order valence-electron chi connectivity index (χ4n) is 2.85. The summed E-state index contributed by atoms with van der Waals surface area (Å²) in [6, 6.07) is 12.0. The molecule has 3 aromatic rings. The summed E-state index contributed by atoms with van der Waals surface area (Å²) in [7, 11) is -3.88. The second-order valence-electron chi connectivity index (χ2n) is 6.34. The number of aryl methyl sites for hydroxylation is 2. The van der Waals surface area contributed by atoms with Crippen molar-refractivity contribution in [2.75, 3.05) is 0 Å². The van der Waals surface area contributed by atoms with E-state index in [2.05, 4.69) is 0 Å². The molecule has 0 spiro atoms. The Morgan fingerprint density at radius 3 is 2.15 bits per heavy atom. The van der Waals surface area contributed by atoms with Gasteiger partial charge in [0.1, 0.15) is 0 Å². The summed E-state index contributed by atoms with van der Waals surface area (Å²) in [5.41, 5.74) is 2.40.